The molecule has 0 saturated carbocycles. The van der Waals surface area contributed by atoms with Gasteiger partial charge in [0.05, 0.1) is 6.07 Å². The fourth-order valence-corrected chi connectivity index (χ4v) is 1.83. The zero-order valence-corrected chi connectivity index (χ0v) is 8.75. The fraction of sp³-hybridized carbons (Fsp3) is 0. The van der Waals surface area contributed by atoms with Crippen molar-refractivity contribution >= 4 is 26.6 Å². The molecule has 2 aromatic carbocycles. The maximum absolute atomic E-state index is 10.9. The van der Waals surface area contributed by atoms with Crippen LogP contribution in [0.4, 0.5) is 5.69 Å². The van der Waals surface area contributed by atoms with Crippen LogP contribution in [0.15, 0.2) is 23.1 Å². The van der Waals surface area contributed by atoms with E-state index in [2.05, 4.69) is 12.1 Å². The summed E-state index contributed by atoms with van der Waals surface area (Å²) >= 11 is 0. The monoisotopic (exact) mass is 237 g/mol. The molecule has 0 aliphatic rings. The molecule has 5 nitrogen and oxygen atoms in total. The highest BCUT2D eigenvalue weighted by molar-refractivity contribution is 7.85. The third-order valence-corrected chi connectivity index (χ3v) is 2.82. The van der Waals surface area contributed by atoms with Gasteiger partial charge < -0.3 is 10.8 Å². The molecule has 2 rings (SSSR count). The SMILES string of the molecule is Nc1[c]c2cc(S(=O)(=O)O)[c]c(O)c2cc1. The molecule has 0 aliphatic heterocycles. The van der Waals surface area contributed by atoms with Crippen LogP contribution in [-0.4, -0.2) is 18.1 Å². The van der Waals surface area contributed by atoms with Gasteiger partial charge in [-0.25, -0.2) is 0 Å². The average molecular weight is 237 g/mol. The zero-order valence-electron chi connectivity index (χ0n) is 7.93. The van der Waals surface area contributed by atoms with Gasteiger partial charge in [-0.2, -0.15) is 8.42 Å². The molecule has 0 bridgehead atoms. The molecule has 0 saturated heterocycles. The van der Waals surface area contributed by atoms with Gasteiger partial charge in [0.25, 0.3) is 10.1 Å². The smallest absolute Gasteiger partial charge is 0.295 e. The predicted octanol–water partition coefficient (Wildman–Crippen LogP) is 0.975. The van der Waals surface area contributed by atoms with E-state index in [4.69, 9.17) is 10.3 Å². The van der Waals surface area contributed by atoms with Crippen molar-refractivity contribution in [3.8, 4) is 5.75 Å². The fourth-order valence-electron chi connectivity index (χ4n) is 1.34. The Morgan fingerprint density at radius 2 is 1.94 bits per heavy atom. The molecule has 0 heterocycles. The van der Waals surface area contributed by atoms with Crippen molar-refractivity contribution in [2.75, 3.05) is 5.73 Å². The maximum Gasteiger partial charge on any atom is 0.295 e. The first-order valence-corrected chi connectivity index (χ1v) is 5.66. The van der Waals surface area contributed by atoms with E-state index in [0.717, 1.165) is 6.07 Å². The number of phenols is 1. The lowest BCUT2D eigenvalue weighted by atomic mass is 10.1. The van der Waals surface area contributed by atoms with Gasteiger partial charge in [-0.3, -0.25) is 4.55 Å². The van der Waals surface area contributed by atoms with E-state index in [1.807, 2.05) is 0 Å². The van der Waals surface area contributed by atoms with Gasteiger partial charge >= 0.3 is 0 Å². The van der Waals surface area contributed by atoms with Crippen LogP contribution in [0.2, 0.25) is 0 Å². The number of nitrogen functional groups attached to an aromatic ring is 1. The van der Waals surface area contributed by atoms with E-state index in [0.29, 0.717) is 16.5 Å². The van der Waals surface area contributed by atoms with E-state index < -0.39 is 15.0 Å². The Labute approximate surface area is 91.9 Å². The number of hydrogen-bond acceptors (Lipinski definition) is 4. The van der Waals surface area contributed by atoms with Gasteiger partial charge in [0.1, 0.15) is 10.6 Å². The summed E-state index contributed by atoms with van der Waals surface area (Å²) in [4.78, 5) is -0.514. The van der Waals surface area contributed by atoms with Crippen molar-refractivity contribution in [3.05, 3.63) is 30.3 Å². The maximum atomic E-state index is 10.9. The van der Waals surface area contributed by atoms with Crippen molar-refractivity contribution < 1.29 is 18.1 Å². The number of hydrogen-bond donors (Lipinski definition) is 3. The largest absolute Gasteiger partial charge is 0.507 e. The second kappa shape index (κ2) is 3.36. The Morgan fingerprint density at radius 3 is 2.56 bits per heavy atom. The van der Waals surface area contributed by atoms with E-state index in [-0.39, 0.29) is 5.75 Å². The van der Waals surface area contributed by atoms with Crippen LogP contribution in [0, 0.1) is 12.1 Å². The number of rotatable bonds is 1. The van der Waals surface area contributed by atoms with E-state index >= 15 is 0 Å². The third-order valence-electron chi connectivity index (χ3n) is 2.05. The molecule has 82 valence electrons. The molecular weight excluding hydrogens is 230 g/mol. The van der Waals surface area contributed by atoms with Crippen LogP contribution in [0.1, 0.15) is 0 Å². The third kappa shape index (κ3) is 1.80. The summed E-state index contributed by atoms with van der Waals surface area (Å²) in [6.07, 6.45) is 0. The molecule has 4 N–H and O–H groups in total. The Kier molecular flexibility index (Phi) is 2.25. The van der Waals surface area contributed by atoms with Crippen molar-refractivity contribution in [1.82, 2.24) is 0 Å². The van der Waals surface area contributed by atoms with Gasteiger partial charge in [-0.1, -0.05) is 0 Å². The van der Waals surface area contributed by atoms with E-state index in [1.54, 1.807) is 0 Å². The summed E-state index contributed by atoms with van der Waals surface area (Å²) in [6, 6.07) is 9.00. The average Bonchev–Trinajstić information content (AvgIpc) is 2.15. The van der Waals surface area contributed by atoms with Gasteiger partial charge in [-0.15, -0.1) is 0 Å². The van der Waals surface area contributed by atoms with Crippen LogP contribution in [0.3, 0.4) is 0 Å². The standard InChI is InChI=1S/C10H7NO4S/c11-7-1-2-9-6(3-7)4-8(5-10(9)12)16(13,14)15/h1-2,4,12H,11H2,(H,13,14,15). The van der Waals surface area contributed by atoms with Gasteiger partial charge in [0.2, 0.25) is 0 Å². The summed E-state index contributed by atoms with van der Waals surface area (Å²) in [5, 5.41) is 10.2. The summed E-state index contributed by atoms with van der Waals surface area (Å²) < 4.78 is 30.6. The van der Waals surface area contributed by atoms with Crippen LogP contribution in [-0.2, 0) is 10.1 Å². The molecule has 0 atom stereocenters. The van der Waals surface area contributed by atoms with Crippen LogP contribution in [0.25, 0.3) is 10.8 Å². The number of anilines is 1. The predicted molar refractivity (Wildman–Crippen MR) is 57.5 cm³/mol. The van der Waals surface area contributed by atoms with Crippen LogP contribution >= 0.6 is 0 Å². The molecule has 16 heavy (non-hydrogen) atoms. The van der Waals surface area contributed by atoms with Crippen LogP contribution < -0.4 is 5.73 Å². The van der Waals surface area contributed by atoms with Crippen LogP contribution in [0.5, 0.6) is 5.75 Å². The Hall–Kier alpha value is -1.79. The lowest BCUT2D eigenvalue weighted by Gasteiger charge is -2.03. The Balaban J connectivity index is 2.85. The molecule has 0 aromatic heterocycles. The first-order valence-electron chi connectivity index (χ1n) is 4.22. The number of benzene rings is 2. The summed E-state index contributed by atoms with van der Waals surface area (Å²) in [5.74, 6) is -0.374. The molecule has 0 spiro atoms. The molecule has 2 aromatic rings. The van der Waals surface area contributed by atoms with E-state index in [1.165, 1.54) is 12.1 Å². The molecular formula is C10H7NO4S. The van der Waals surface area contributed by atoms with Gasteiger partial charge in [-0.05, 0) is 23.6 Å². The van der Waals surface area contributed by atoms with Gasteiger partial charge in [0, 0.05) is 17.1 Å². The van der Waals surface area contributed by atoms with Crippen molar-refractivity contribution in [3.63, 3.8) is 0 Å². The Bertz CT molecular complexity index is 664. The molecule has 6 heteroatoms. The number of nitrogens with two attached hydrogens (primary N) is 1. The molecule has 2 radical (unpaired) electrons. The Morgan fingerprint density at radius 1 is 1.25 bits per heavy atom. The normalized spacial score (nSPS) is 11.8. The zero-order chi connectivity index (χ0) is 11.9. The molecule has 0 aliphatic carbocycles. The van der Waals surface area contributed by atoms with Crippen molar-refractivity contribution in [2.24, 2.45) is 0 Å². The highest BCUT2D eigenvalue weighted by atomic mass is 32.2. The topological polar surface area (TPSA) is 101 Å². The number of phenolic OH excluding ortho intramolecular Hbond substituents is 1. The number of fused-ring (bicyclic) bond motifs is 1. The minimum absolute atomic E-state index is 0.295. The second-order valence-corrected chi connectivity index (χ2v) is 4.59. The summed E-state index contributed by atoms with van der Waals surface area (Å²) in [7, 11) is -4.41. The molecule has 0 fully saturated rings. The van der Waals surface area contributed by atoms with Crippen molar-refractivity contribution in [1.29, 1.82) is 0 Å². The minimum Gasteiger partial charge on any atom is -0.507 e. The first-order chi connectivity index (χ1) is 7.38. The molecule has 0 amide bonds. The summed E-state index contributed by atoms with van der Waals surface area (Å²) in [6.45, 7) is 0. The highest BCUT2D eigenvalue weighted by Gasteiger charge is 2.13. The van der Waals surface area contributed by atoms with Crippen molar-refractivity contribution in [2.45, 2.75) is 4.90 Å². The first kappa shape index (κ1) is 10.7. The van der Waals surface area contributed by atoms with E-state index in [9.17, 15) is 13.5 Å². The number of aromatic hydroxyl groups is 1. The lowest BCUT2D eigenvalue weighted by molar-refractivity contribution is 0.469. The summed E-state index contributed by atoms with van der Waals surface area (Å²) in [5.41, 5.74) is 5.78. The quantitative estimate of drug-likeness (QED) is 0.507. The van der Waals surface area contributed by atoms with Gasteiger partial charge in [0.15, 0.2) is 0 Å². The lowest BCUT2D eigenvalue weighted by Crippen LogP contribution is -1.98. The second-order valence-electron chi connectivity index (χ2n) is 3.20. The highest BCUT2D eigenvalue weighted by Crippen LogP contribution is 2.28. The molecule has 0 unspecified atom stereocenters. The minimum atomic E-state index is -4.41.